The second kappa shape index (κ2) is 6.94. The first kappa shape index (κ1) is 18.2. The second-order valence-electron chi connectivity index (χ2n) is 7.68. The predicted octanol–water partition coefficient (Wildman–Crippen LogP) is 3.33. The molecule has 0 radical (unpaired) electrons. The molecule has 6 heteroatoms. The summed E-state index contributed by atoms with van der Waals surface area (Å²) in [6, 6.07) is 6.98. The van der Waals surface area contributed by atoms with Gasteiger partial charge in [0.1, 0.15) is 5.60 Å². The molecule has 1 atom stereocenters. The summed E-state index contributed by atoms with van der Waals surface area (Å²) in [4.78, 5) is 31.1. The topological polar surface area (TPSA) is 85.5 Å². The van der Waals surface area contributed by atoms with Crippen LogP contribution >= 0.6 is 0 Å². The number of hydrogen-bond acceptors (Lipinski definition) is 5. The minimum absolute atomic E-state index is 0.0108. The number of pyridine rings is 1. The van der Waals surface area contributed by atoms with Gasteiger partial charge >= 0.3 is 6.09 Å². The van der Waals surface area contributed by atoms with Crippen LogP contribution in [0.25, 0.3) is 10.9 Å². The molecule has 1 fully saturated rings. The van der Waals surface area contributed by atoms with Gasteiger partial charge in [-0.25, -0.2) is 4.79 Å². The van der Waals surface area contributed by atoms with Gasteiger partial charge in [0, 0.05) is 30.2 Å². The fourth-order valence-corrected chi connectivity index (χ4v) is 3.32. The molecule has 0 spiro atoms. The van der Waals surface area contributed by atoms with Crippen LogP contribution in [0.5, 0.6) is 0 Å². The van der Waals surface area contributed by atoms with E-state index in [-0.39, 0.29) is 12.2 Å². The average molecular weight is 355 g/mol. The summed E-state index contributed by atoms with van der Waals surface area (Å²) in [5, 5.41) is 0.841. The largest absolute Gasteiger partial charge is 0.444 e. The Bertz CT molecular complexity index is 842. The van der Waals surface area contributed by atoms with E-state index in [1.807, 2.05) is 45.0 Å². The predicted molar refractivity (Wildman–Crippen MR) is 101 cm³/mol. The Kier molecular flexibility index (Phi) is 4.85. The number of rotatable bonds is 3. The fourth-order valence-electron chi connectivity index (χ4n) is 3.32. The minimum atomic E-state index is -0.580. The normalized spacial score (nSPS) is 17.5. The Labute approximate surface area is 153 Å². The van der Waals surface area contributed by atoms with Gasteiger partial charge in [0.05, 0.1) is 11.6 Å². The smallest absolute Gasteiger partial charge is 0.410 e. The van der Waals surface area contributed by atoms with Gasteiger partial charge in [-0.15, -0.1) is 0 Å². The summed E-state index contributed by atoms with van der Waals surface area (Å²) < 4.78 is 5.44. The molecule has 0 saturated carbocycles. The van der Waals surface area contributed by atoms with Crippen LogP contribution in [-0.2, 0) is 16.0 Å². The fraction of sp³-hybridized carbons (Fsp3) is 0.450. The number of benzene rings is 1. The lowest BCUT2D eigenvalue weighted by atomic mass is 9.99. The molecule has 138 valence electrons. The number of carbonyl (C=O) groups is 2. The van der Waals surface area contributed by atoms with E-state index in [0.29, 0.717) is 18.7 Å². The van der Waals surface area contributed by atoms with Crippen LogP contribution in [0.1, 0.15) is 39.2 Å². The lowest BCUT2D eigenvalue weighted by molar-refractivity contribution is -0.122. The summed E-state index contributed by atoms with van der Waals surface area (Å²) in [5.74, 6) is -0.0108. The van der Waals surface area contributed by atoms with Crippen molar-refractivity contribution in [1.82, 2.24) is 9.88 Å². The van der Waals surface area contributed by atoms with Crippen LogP contribution in [0.3, 0.4) is 0 Å². The highest BCUT2D eigenvalue weighted by Crippen LogP contribution is 2.27. The zero-order valence-electron chi connectivity index (χ0n) is 15.5. The molecule has 2 heterocycles. The molecule has 1 amide bonds. The van der Waals surface area contributed by atoms with Gasteiger partial charge < -0.3 is 10.5 Å². The van der Waals surface area contributed by atoms with E-state index < -0.39 is 17.7 Å². The summed E-state index contributed by atoms with van der Waals surface area (Å²) in [7, 11) is 0. The lowest BCUT2D eigenvalue weighted by Crippen LogP contribution is -2.43. The molecule has 0 unspecified atom stereocenters. The third-order valence-corrected chi connectivity index (χ3v) is 4.53. The van der Waals surface area contributed by atoms with Crippen molar-refractivity contribution in [2.24, 2.45) is 0 Å². The molecule has 6 nitrogen and oxygen atoms in total. The van der Waals surface area contributed by atoms with Crippen molar-refractivity contribution in [3.05, 3.63) is 36.0 Å². The highest BCUT2D eigenvalue weighted by molar-refractivity contribution is 5.96. The van der Waals surface area contributed by atoms with Crippen LogP contribution < -0.4 is 5.73 Å². The van der Waals surface area contributed by atoms with E-state index in [9.17, 15) is 9.59 Å². The average Bonchev–Trinajstić information content (AvgIpc) is 3.06. The lowest BCUT2D eigenvalue weighted by Gasteiger charge is -2.28. The molecule has 0 aliphatic carbocycles. The van der Waals surface area contributed by atoms with Gasteiger partial charge in [0.15, 0.2) is 5.78 Å². The van der Waals surface area contributed by atoms with Crippen LogP contribution in [0.15, 0.2) is 30.5 Å². The summed E-state index contributed by atoms with van der Waals surface area (Å²) in [5.41, 5.74) is 7.81. The van der Waals surface area contributed by atoms with Crippen molar-refractivity contribution in [3.63, 3.8) is 0 Å². The number of nitrogens with zero attached hydrogens (tertiary/aromatic N) is 2. The molecule has 1 aliphatic rings. The second-order valence-corrected chi connectivity index (χ2v) is 7.68. The maximum Gasteiger partial charge on any atom is 0.410 e. The first-order chi connectivity index (χ1) is 12.3. The Morgan fingerprint density at radius 3 is 2.81 bits per heavy atom. The van der Waals surface area contributed by atoms with Crippen molar-refractivity contribution >= 4 is 28.5 Å². The van der Waals surface area contributed by atoms with Crippen molar-refractivity contribution in [1.29, 1.82) is 0 Å². The van der Waals surface area contributed by atoms with E-state index in [1.165, 1.54) is 0 Å². The third kappa shape index (κ3) is 3.79. The van der Waals surface area contributed by atoms with Gasteiger partial charge in [0.2, 0.25) is 0 Å². The van der Waals surface area contributed by atoms with E-state index in [2.05, 4.69) is 4.98 Å². The van der Waals surface area contributed by atoms with Crippen molar-refractivity contribution in [2.75, 3.05) is 12.3 Å². The number of nitrogen functional groups attached to an aromatic ring is 1. The van der Waals surface area contributed by atoms with Crippen LogP contribution in [0.2, 0.25) is 0 Å². The standard InChI is InChI=1S/C20H25N3O3/c1-20(2,3)26-19(25)23-11-5-7-16(23)17(24)12-13-8-9-15-14(18(13)21)6-4-10-22-15/h4,6,8-10,16H,5,7,11-12,21H2,1-3H3/t16-/m0/s1. The van der Waals surface area contributed by atoms with Gasteiger partial charge in [-0.2, -0.15) is 0 Å². The Balaban J connectivity index is 1.77. The number of nitrogens with two attached hydrogens (primary N) is 1. The number of hydrogen-bond donors (Lipinski definition) is 1. The molecule has 26 heavy (non-hydrogen) atoms. The maximum absolute atomic E-state index is 12.9. The first-order valence-electron chi connectivity index (χ1n) is 8.91. The van der Waals surface area contributed by atoms with Crippen molar-refractivity contribution < 1.29 is 14.3 Å². The van der Waals surface area contributed by atoms with E-state index >= 15 is 0 Å². The Morgan fingerprint density at radius 2 is 2.08 bits per heavy atom. The number of likely N-dealkylation sites (tertiary alicyclic amines) is 1. The number of ether oxygens (including phenoxy) is 1. The van der Waals surface area contributed by atoms with Crippen molar-refractivity contribution in [2.45, 2.75) is 51.7 Å². The van der Waals surface area contributed by atoms with Gasteiger partial charge in [-0.3, -0.25) is 14.7 Å². The first-order valence-corrected chi connectivity index (χ1v) is 8.91. The molecule has 2 N–H and O–H groups in total. The zero-order chi connectivity index (χ0) is 18.9. The highest BCUT2D eigenvalue weighted by atomic mass is 16.6. The van der Waals surface area contributed by atoms with Crippen LogP contribution in [0, 0.1) is 0 Å². The van der Waals surface area contributed by atoms with Crippen LogP contribution in [-0.4, -0.2) is 39.9 Å². The SMILES string of the molecule is CC(C)(C)OC(=O)N1CCC[C@H]1C(=O)Cc1ccc2ncccc2c1N. The maximum atomic E-state index is 12.9. The number of amides is 1. The van der Waals surface area contributed by atoms with Gasteiger partial charge in [0.25, 0.3) is 0 Å². The molecule has 3 rings (SSSR count). The molecule has 0 bridgehead atoms. The summed E-state index contributed by atoms with van der Waals surface area (Å²) >= 11 is 0. The van der Waals surface area contributed by atoms with Crippen LogP contribution in [0.4, 0.5) is 10.5 Å². The number of ketones is 1. The monoisotopic (exact) mass is 355 g/mol. The number of carbonyl (C=O) groups excluding carboxylic acids is 2. The molecule has 1 aromatic carbocycles. The number of fused-ring (bicyclic) bond motifs is 1. The quantitative estimate of drug-likeness (QED) is 0.854. The number of Topliss-reactive ketones (excluding diaryl/α,β-unsaturated/α-hetero) is 1. The molecular weight excluding hydrogens is 330 g/mol. The van der Waals surface area contributed by atoms with Gasteiger partial charge in [-0.1, -0.05) is 6.07 Å². The Hall–Kier alpha value is -2.63. The summed E-state index contributed by atoms with van der Waals surface area (Å²) in [6.07, 6.45) is 2.94. The molecule has 1 aliphatic heterocycles. The highest BCUT2D eigenvalue weighted by Gasteiger charge is 2.36. The molecular formula is C20H25N3O3. The number of aromatic nitrogens is 1. The summed E-state index contributed by atoms with van der Waals surface area (Å²) in [6.45, 7) is 6.01. The third-order valence-electron chi connectivity index (χ3n) is 4.53. The molecule has 2 aromatic rings. The minimum Gasteiger partial charge on any atom is -0.444 e. The molecule has 1 aromatic heterocycles. The van der Waals surface area contributed by atoms with E-state index in [4.69, 9.17) is 10.5 Å². The molecule has 1 saturated heterocycles. The van der Waals surface area contributed by atoms with Gasteiger partial charge in [-0.05, 0) is 57.4 Å². The van der Waals surface area contributed by atoms with Crippen molar-refractivity contribution in [3.8, 4) is 0 Å². The Morgan fingerprint density at radius 1 is 1.31 bits per heavy atom. The van der Waals surface area contributed by atoms with E-state index in [1.54, 1.807) is 11.1 Å². The number of anilines is 1. The zero-order valence-corrected chi connectivity index (χ0v) is 15.5. The van der Waals surface area contributed by atoms with E-state index in [0.717, 1.165) is 22.9 Å².